The largest absolute Gasteiger partial charge is 0.573 e. The van der Waals surface area contributed by atoms with Crippen LogP contribution in [0.15, 0.2) is 42.6 Å². The Balaban J connectivity index is 1.59. The van der Waals surface area contributed by atoms with Gasteiger partial charge >= 0.3 is 12.4 Å². The Bertz CT molecular complexity index is 939. The summed E-state index contributed by atoms with van der Waals surface area (Å²) in [5.74, 6) is -0.770. The van der Waals surface area contributed by atoms with E-state index in [1.165, 1.54) is 17.0 Å². The van der Waals surface area contributed by atoms with Crippen LogP contribution in [0.1, 0.15) is 24.1 Å². The molecule has 0 radical (unpaired) electrons. The number of urea groups is 1. The predicted molar refractivity (Wildman–Crippen MR) is 92.5 cm³/mol. The number of hydrogen-bond acceptors (Lipinski definition) is 4. The van der Waals surface area contributed by atoms with E-state index in [1.54, 1.807) is 12.3 Å². The molecule has 0 atom stereocenters. The Hall–Kier alpha value is -3.10. The maximum atomic E-state index is 13.0. The number of nitrogens with zero attached hydrogens (tertiary/aromatic N) is 3. The van der Waals surface area contributed by atoms with Crippen LogP contribution in [0.5, 0.6) is 5.75 Å². The second kappa shape index (κ2) is 6.22. The van der Waals surface area contributed by atoms with Crippen molar-refractivity contribution in [2.75, 3.05) is 4.90 Å². The van der Waals surface area contributed by atoms with E-state index in [0.717, 1.165) is 28.3 Å². The molecule has 9 heteroatoms. The molecule has 0 N–H and O–H groups in total. The first kappa shape index (κ1) is 18.3. The number of rotatable bonds is 4. The quantitative estimate of drug-likeness (QED) is 0.744. The van der Waals surface area contributed by atoms with E-state index >= 15 is 0 Å². The van der Waals surface area contributed by atoms with E-state index in [1.807, 2.05) is 13.0 Å². The molecule has 28 heavy (non-hydrogen) atoms. The molecule has 6 nitrogen and oxygen atoms in total. The zero-order chi connectivity index (χ0) is 20.1. The third kappa shape index (κ3) is 3.17. The van der Waals surface area contributed by atoms with E-state index in [4.69, 9.17) is 0 Å². The van der Waals surface area contributed by atoms with Crippen molar-refractivity contribution in [3.05, 3.63) is 53.9 Å². The number of imide groups is 1. The normalized spacial score (nSPS) is 18.1. The zero-order valence-electron chi connectivity index (χ0n) is 14.9. The van der Waals surface area contributed by atoms with Gasteiger partial charge in [0.15, 0.2) is 0 Å². The molecule has 3 amide bonds. The number of anilines is 1. The molecule has 1 saturated carbocycles. The molecule has 1 aliphatic carbocycles. The lowest BCUT2D eigenvalue weighted by atomic mass is 10.1. The minimum Gasteiger partial charge on any atom is -0.406 e. The van der Waals surface area contributed by atoms with Crippen LogP contribution < -0.4 is 9.64 Å². The molecule has 0 bridgehead atoms. The number of benzene rings is 1. The number of carbonyl (C=O) groups is 2. The highest BCUT2D eigenvalue weighted by atomic mass is 19.4. The molecular weight excluding hydrogens is 375 g/mol. The number of amides is 3. The van der Waals surface area contributed by atoms with Crippen LogP contribution in [0.4, 0.5) is 23.7 Å². The maximum Gasteiger partial charge on any atom is 0.573 e. The van der Waals surface area contributed by atoms with Crippen molar-refractivity contribution in [1.82, 2.24) is 9.88 Å². The van der Waals surface area contributed by atoms with Gasteiger partial charge in [0.05, 0.1) is 5.69 Å². The fourth-order valence-corrected chi connectivity index (χ4v) is 3.45. The maximum absolute atomic E-state index is 13.0. The standard InChI is InChI=1S/C19H16F3N3O3/c1-12-10-13(6-9-23-12)11-24-17(27)25(16(26)18(24)7-8-18)14-2-4-15(5-3-14)28-19(20,21)22/h2-6,9-10H,7-8,11H2,1H3. The van der Waals surface area contributed by atoms with Crippen molar-refractivity contribution in [2.45, 2.75) is 38.2 Å². The Morgan fingerprint density at radius 3 is 2.39 bits per heavy atom. The summed E-state index contributed by atoms with van der Waals surface area (Å²) in [6.45, 7) is 2.10. The van der Waals surface area contributed by atoms with Gasteiger partial charge in [0.2, 0.25) is 0 Å². The van der Waals surface area contributed by atoms with Gasteiger partial charge in [-0.2, -0.15) is 0 Å². The number of pyridine rings is 1. The number of carbonyl (C=O) groups excluding carboxylic acids is 2. The smallest absolute Gasteiger partial charge is 0.406 e. The molecule has 1 saturated heterocycles. The molecule has 1 aromatic heterocycles. The summed E-state index contributed by atoms with van der Waals surface area (Å²) in [5.41, 5.74) is 1.01. The molecular formula is C19H16F3N3O3. The first-order valence-electron chi connectivity index (χ1n) is 8.63. The highest BCUT2D eigenvalue weighted by molar-refractivity contribution is 6.24. The lowest BCUT2D eigenvalue weighted by Gasteiger charge is -2.21. The van der Waals surface area contributed by atoms with E-state index in [2.05, 4.69) is 9.72 Å². The van der Waals surface area contributed by atoms with Gasteiger partial charge in [0, 0.05) is 18.4 Å². The summed E-state index contributed by atoms with van der Waals surface area (Å²) in [6, 6.07) is 7.85. The SMILES string of the molecule is Cc1cc(CN2C(=O)N(c3ccc(OC(F)(F)F)cc3)C(=O)C23CC3)ccn1. The highest BCUT2D eigenvalue weighted by Gasteiger charge is 2.65. The molecule has 0 unspecified atom stereocenters. The number of halogens is 3. The third-order valence-corrected chi connectivity index (χ3v) is 4.89. The van der Waals surface area contributed by atoms with Crippen molar-refractivity contribution >= 4 is 17.6 Å². The molecule has 2 heterocycles. The monoisotopic (exact) mass is 391 g/mol. The van der Waals surface area contributed by atoms with Crippen LogP contribution in [-0.2, 0) is 11.3 Å². The van der Waals surface area contributed by atoms with Gasteiger partial charge in [0.25, 0.3) is 5.91 Å². The molecule has 1 spiro atoms. The minimum atomic E-state index is -4.81. The Morgan fingerprint density at radius 2 is 1.82 bits per heavy atom. The van der Waals surface area contributed by atoms with E-state index in [9.17, 15) is 22.8 Å². The van der Waals surface area contributed by atoms with Gasteiger partial charge in [-0.1, -0.05) is 0 Å². The first-order chi connectivity index (χ1) is 13.2. The van der Waals surface area contributed by atoms with Crippen molar-refractivity contribution < 1.29 is 27.5 Å². The molecule has 2 aliphatic rings. The summed E-state index contributed by atoms with van der Waals surface area (Å²) in [6.07, 6.45) is -2.04. The van der Waals surface area contributed by atoms with Gasteiger partial charge in [-0.05, 0) is 61.7 Å². The predicted octanol–water partition coefficient (Wildman–Crippen LogP) is 3.79. The lowest BCUT2D eigenvalue weighted by molar-refractivity contribution is -0.274. The summed E-state index contributed by atoms with van der Waals surface area (Å²) >= 11 is 0. The average molecular weight is 391 g/mol. The molecule has 1 aromatic carbocycles. The Morgan fingerprint density at radius 1 is 1.14 bits per heavy atom. The van der Waals surface area contributed by atoms with Crippen molar-refractivity contribution in [3.8, 4) is 5.75 Å². The fraction of sp³-hybridized carbons (Fsp3) is 0.316. The van der Waals surface area contributed by atoms with Crippen molar-refractivity contribution in [1.29, 1.82) is 0 Å². The van der Waals surface area contributed by atoms with Crippen molar-refractivity contribution in [2.24, 2.45) is 0 Å². The Labute approximate surface area is 158 Å². The minimum absolute atomic E-state index is 0.212. The van der Waals surface area contributed by atoms with E-state index < -0.39 is 23.7 Å². The number of ether oxygens (including phenoxy) is 1. The Kier molecular flexibility index (Phi) is 4.06. The highest BCUT2D eigenvalue weighted by Crippen LogP contribution is 2.49. The molecule has 2 aromatic rings. The number of hydrogen-bond donors (Lipinski definition) is 0. The first-order valence-corrected chi connectivity index (χ1v) is 8.63. The van der Waals surface area contributed by atoms with Crippen LogP contribution >= 0.6 is 0 Å². The van der Waals surface area contributed by atoms with Crippen LogP contribution in [-0.4, -0.2) is 33.7 Å². The van der Waals surface area contributed by atoms with Crippen LogP contribution in [0.3, 0.4) is 0 Å². The van der Waals surface area contributed by atoms with Gasteiger partial charge in [-0.3, -0.25) is 9.78 Å². The number of aryl methyl sites for hydroxylation is 1. The summed E-state index contributed by atoms with van der Waals surface area (Å²) in [7, 11) is 0. The van der Waals surface area contributed by atoms with Gasteiger partial charge in [-0.15, -0.1) is 13.2 Å². The summed E-state index contributed by atoms with van der Waals surface area (Å²) in [5, 5.41) is 0. The van der Waals surface area contributed by atoms with Gasteiger partial charge in [0.1, 0.15) is 11.3 Å². The van der Waals surface area contributed by atoms with Crippen molar-refractivity contribution in [3.63, 3.8) is 0 Å². The van der Waals surface area contributed by atoms with Crippen LogP contribution in [0.25, 0.3) is 0 Å². The molecule has 4 rings (SSSR count). The molecule has 2 fully saturated rings. The summed E-state index contributed by atoms with van der Waals surface area (Å²) in [4.78, 5) is 32.6. The molecule has 146 valence electrons. The zero-order valence-corrected chi connectivity index (χ0v) is 14.9. The van der Waals surface area contributed by atoms with Gasteiger partial charge in [-0.25, -0.2) is 9.69 Å². The van der Waals surface area contributed by atoms with Crippen LogP contribution in [0, 0.1) is 6.92 Å². The lowest BCUT2D eigenvalue weighted by Crippen LogP contribution is -2.36. The van der Waals surface area contributed by atoms with E-state index in [0.29, 0.717) is 12.8 Å². The molecule has 1 aliphatic heterocycles. The van der Waals surface area contributed by atoms with Crippen LogP contribution in [0.2, 0.25) is 0 Å². The van der Waals surface area contributed by atoms with E-state index in [-0.39, 0.29) is 18.1 Å². The topological polar surface area (TPSA) is 62.7 Å². The second-order valence-electron chi connectivity index (χ2n) is 6.89. The second-order valence-corrected chi connectivity index (χ2v) is 6.89. The third-order valence-electron chi connectivity index (χ3n) is 4.89. The fourth-order valence-electron chi connectivity index (χ4n) is 3.45. The number of aromatic nitrogens is 1. The van der Waals surface area contributed by atoms with Gasteiger partial charge < -0.3 is 9.64 Å². The number of alkyl halides is 3. The average Bonchev–Trinajstić information content (AvgIpc) is 3.38. The summed E-state index contributed by atoms with van der Waals surface area (Å²) < 4.78 is 40.8.